The van der Waals surface area contributed by atoms with E-state index in [4.69, 9.17) is 4.42 Å². The van der Waals surface area contributed by atoms with Crippen molar-refractivity contribution < 1.29 is 9.21 Å². The predicted octanol–water partition coefficient (Wildman–Crippen LogP) is 1.53. The van der Waals surface area contributed by atoms with Crippen LogP contribution in [0.2, 0.25) is 0 Å². The van der Waals surface area contributed by atoms with Crippen LogP contribution in [0.1, 0.15) is 37.4 Å². The van der Waals surface area contributed by atoms with Crippen LogP contribution >= 0.6 is 0 Å². The first kappa shape index (κ1) is 16.5. The van der Waals surface area contributed by atoms with Gasteiger partial charge in [0, 0.05) is 13.1 Å². The quantitative estimate of drug-likeness (QED) is 0.803. The van der Waals surface area contributed by atoms with Crippen LogP contribution in [-0.4, -0.2) is 45.3 Å². The maximum absolute atomic E-state index is 12.1. The van der Waals surface area contributed by atoms with Crippen LogP contribution in [0.25, 0.3) is 0 Å². The van der Waals surface area contributed by atoms with Gasteiger partial charge in [0.2, 0.25) is 0 Å². The van der Waals surface area contributed by atoms with Crippen molar-refractivity contribution in [3.8, 4) is 0 Å². The molecule has 24 heavy (non-hydrogen) atoms. The number of likely N-dealkylation sites (tertiary alicyclic amines) is 1. The Balaban J connectivity index is 1.51. The standard InChI is InChI=1S/C16H24N6O2/c1-2-21-12-19-20-15(21)11-18-16(23)17-10-13(14-6-5-9-24-14)22-7-3-4-8-22/h5-6,9,12-13H,2-4,7-8,10-11H2,1H3,(H2,17,18,23)/t13-/m1/s1. The van der Waals surface area contributed by atoms with Gasteiger partial charge in [-0.3, -0.25) is 4.90 Å². The highest BCUT2D eigenvalue weighted by atomic mass is 16.3. The van der Waals surface area contributed by atoms with Crippen molar-refractivity contribution in [3.63, 3.8) is 0 Å². The van der Waals surface area contributed by atoms with Crippen molar-refractivity contribution in [2.24, 2.45) is 0 Å². The average molecular weight is 332 g/mol. The lowest BCUT2D eigenvalue weighted by Crippen LogP contribution is -2.41. The number of aryl methyl sites for hydroxylation is 1. The topological polar surface area (TPSA) is 88.2 Å². The Morgan fingerprint density at radius 2 is 2.21 bits per heavy atom. The van der Waals surface area contributed by atoms with Gasteiger partial charge in [0.05, 0.1) is 18.8 Å². The van der Waals surface area contributed by atoms with Gasteiger partial charge in [-0.15, -0.1) is 10.2 Å². The summed E-state index contributed by atoms with van der Waals surface area (Å²) in [6, 6.07) is 3.71. The number of carbonyl (C=O) groups excluding carboxylic acids is 1. The molecule has 0 spiro atoms. The van der Waals surface area contributed by atoms with E-state index >= 15 is 0 Å². The van der Waals surface area contributed by atoms with Gasteiger partial charge in [0.15, 0.2) is 5.82 Å². The highest BCUT2D eigenvalue weighted by Gasteiger charge is 2.25. The Bertz CT molecular complexity index is 633. The van der Waals surface area contributed by atoms with E-state index in [1.807, 2.05) is 23.6 Å². The van der Waals surface area contributed by atoms with Crippen LogP contribution < -0.4 is 10.6 Å². The zero-order valence-electron chi connectivity index (χ0n) is 13.9. The fourth-order valence-electron chi connectivity index (χ4n) is 3.03. The highest BCUT2D eigenvalue weighted by Crippen LogP contribution is 2.24. The molecule has 8 nitrogen and oxygen atoms in total. The van der Waals surface area contributed by atoms with Crippen LogP contribution in [-0.2, 0) is 13.1 Å². The molecule has 2 amide bonds. The van der Waals surface area contributed by atoms with Gasteiger partial charge < -0.3 is 19.6 Å². The number of nitrogens with one attached hydrogen (secondary N) is 2. The smallest absolute Gasteiger partial charge is 0.315 e. The number of rotatable bonds is 7. The van der Waals surface area contributed by atoms with E-state index < -0.39 is 0 Å². The third-order valence-corrected chi connectivity index (χ3v) is 4.35. The molecule has 130 valence electrons. The second-order valence-corrected chi connectivity index (χ2v) is 5.87. The maximum atomic E-state index is 12.1. The van der Waals surface area contributed by atoms with Gasteiger partial charge in [-0.05, 0) is 45.0 Å². The summed E-state index contributed by atoms with van der Waals surface area (Å²) in [5.74, 6) is 1.64. The Labute approximate surface area is 141 Å². The Hall–Kier alpha value is -2.35. The van der Waals surface area contributed by atoms with E-state index in [0.717, 1.165) is 31.2 Å². The van der Waals surface area contributed by atoms with E-state index in [-0.39, 0.29) is 12.1 Å². The first-order chi connectivity index (χ1) is 11.8. The minimum absolute atomic E-state index is 0.0764. The lowest BCUT2D eigenvalue weighted by atomic mass is 10.2. The average Bonchev–Trinajstić information content (AvgIpc) is 3.34. The van der Waals surface area contributed by atoms with Gasteiger partial charge >= 0.3 is 6.03 Å². The molecule has 3 heterocycles. The summed E-state index contributed by atoms with van der Waals surface area (Å²) in [6.07, 6.45) is 5.72. The van der Waals surface area contributed by atoms with Crippen LogP contribution in [0.4, 0.5) is 4.79 Å². The van der Waals surface area contributed by atoms with E-state index in [1.54, 1.807) is 12.6 Å². The molecule has 2 aromatic heterocycles. The molecule has 1 atom stereocenters. The minimum atomic E-state index is -0.212. The third-order valence-electron chi connectivity index (χ3n) is 4.35. The first-order valence-corrected chi connectivity index (χ1v) is 8.43. The fraction of sp³-hybridized carbons (Fsp3) is 0.562. The summed E-state index contributed by atoms with van der Waals surface area (Å²) < 4.78 is 7.45. The lowest BCUT2D eigenvalue weighted by Gasteiger charge is -2.26. The van der Waals surface area contributed by atoms with E-state index in [2.05, 4.69) is 25.7 Å². The Kier molecular flexibility index (Phi) is 5.47. The Morgan fingerprint density at radius 3 is 2.92 bits per heavy atom. The van der Waals surface area contributed by atoms with Crippen LogP contribution in [0, 0.1) is 0 Å². The Morgan fingerprint density at radius 1 is 1.38 bits per heavy atom. The van der Waals surface area contributed by atoms with Gasteiger partial charge in [-0.1, -0.05) is 0 Å². The molecule has 1 fully saturated rings. The summed E-state index contributed by atoms with van der Waals surface area (Å²) in [5.41, 5.74) is 0. The van der Waals surface area contributed by atoms with Crippen LogP contribution in [0.15, 0.2) is 29.1 Å². The summed E-state index contributed by atoms with van der Waals surface area (Å²) in [7, 11) is 0. The lowest BCUT2D eigenvalue weighted by molar-refractivity contribution is 0.203. The van der Waals surface area contributed by atoms with E-state index in [9.17, 15) is 4.79 Å². The molecule has 0 saturated carbocycles. The van der Waals surface area contributed by atoms with Gasteiger partial charge in [-0.25, -0.2) is 4.79 Å². The molecule has 0 aromatic carbocycles. The van der Waals surface area contributed by atoms with Crippen molar-refractivity contribution >= 4 is 6.03 Å². The third kappa shape index (κ3) is 3.94. The normalized spacial score (nSPS) is 16.2. The van der Waals surface area contributed by atoms with Crippen LogP contribution in [0.3, 0.4) is 0 Å². The molecule has 1 aliphatic heterocycles. The molecule has 0 aliphatic carbocycles. The first-order valence-electron chi connectivity index (χ1n) is 8.43. The second kappa shape index (κ2) is 7.96. The molecule has 0 bridgehead atoms. The van der Waals surface area contributed by atoms with Crippen molar-refractivity contribution in [3.05, 3.63) is 36.3 Å². The van der Waals surface area contributed by atoms with Gasteiger partial charge in [-0.2, -0.15) is 0 Å². The molecule has 1 saturated heterocycles. The van der Waals surface area contributed by atoms with Gasteiger partial charge in [0.25, 0.3) is 0 Å². The molecule has 1 aliphatic rings. The van der Waals surface area contributed by atoms with E-state index in [0.29, 0.717) is 13.1 Å². The summed E-state index contributed by atoms with van der Waals surface area (Å²) >= 11 is 0. The molecule has 0 unspecified atom stereocenters. The molecule has 8 heteroatoms. The van der Waals surface area contributed by atoms with Crippen LogP contribution in [0.5, 0.6) is 0 Å². The molecule has 3 rings (SSSR count). The van der Waals surface area contributed by atoms with Crippen molar-refractivity contribution in [2.45, 2.75) is 38.9 Å². The number of aromatic nitrogens is 3. The monoisotopic (exact) mass is 332 g/mol. The summed E-state index contributed by atoms with van der Waals surface area (Å²) in [4.78, 5) is 14.5. The summed E-state index contributed by atoms with van der Waals surface area (Å²) in [6.45, 7) is 5.73. The number of carbonyl (C=O) groups is 1. The van der Waals surface area contributed by atoms with Crippen molar-refractivity contribution in [1.29, 1.82) is 0 Å². The van der Waals surface area contributed by atoms with Gasteiger partial charge in [0.1, 0.15) is 12.1 Å². The number of urea groups is 1. The summed E-state index contributed by atoms with van der Waals surface area (Å²) in [5, 5.41) is 13.6. The zero-order valence-corrected chi connectivity index (χ0v) is 13.9. The largest absolute Gasteiger partial charge is 0.468 e. The molecule has 2 aromatic rings. The zero-order chi connectivity index (χ0) is 16.8. The number of hydrogen-bond acceptors (Lipinski definition) is 5. The fourth-order valence-corrected chi connectivity index (χ4v) is 3.03. The number of nitrogens with zero attached hydrogens (tertiary/aromatic N) is 4. The van der Waals surface area contributed by atoms with E-state index in [1.165, 1.54) is 12.8 Å². The maximum Gasteiger partial charge on any atom is 0.315 e. The number of amides is 2. The highest BCUT2D eigenvalue weighted by molar-refractivity contribution is 5.73. The number of hydrogen-bond donors (Lipinski definition) is 2. The molecular formula is C16H24N6O2. The van der Waals surface area contributed by atoms with Crippen molar-refractivity contribution in [2.75, 3.05) is 19.6 Å². The minimum Gasteiger partial charge on any atom is -0.468 e. The van der Waals surface area contributed by atoms with Crippen molar-refractivity contribution in [1.82, 2.24) is 30.3 Å². The molecule has 0 radical (unpaired) electrons. The SMILES string of the molecule is CCn1cnnc1CNC(=O)NC[C@H](c1ccco1)N1CCCC1. The second-order valence-electron chi connectivity index (χ2n) is 5.87. The molecule has 2 N–H and O–H groups in total. The predicted molar refractivity (Wildman–Crippen MR) is 88.2 cm³/mol. The molecular weight excluding hydrogens is 308 g/mol. The number of furan rings is 1.